The van der Waals surface area contributed by atoms with E-state index in [-0.39, 0.29) is 29.6 Å². The van der Waals surface area contributed by atoms with Crippen LogP contribution in [-0.2, 0) is 17.8 Å². The lowest BCUT2D eigenvalue weighted by atomic mass is 10.1. The molecule has 0 fully saturated rings. The number of nitro benzene ring substituents is 1. The average Bonchev–Trinajstić information content (AvgIpc) is 3.41. The van der Waals surface area contributed by atoms with Crippen LogP contribution < -0.4 is 9.47 Å². The zero-order valence-corrected chi connectivity index (χ0v) is 25.3. The van der Waals surface area contributed by atoms with E-state index < -0.39 is 10.8 Å². The Balaban J connectivity index is 1.62. The van der Waals surface area contributed by atoms with Crippen LogP contribution >= 0.6 is 0 Å². The number of aryl methyl sites for hydroxylation is 1. The summed E-state index contributed by atoms with van der Waals surface area (Å²) in [5.41, 5.74) is 3.47. The van der Waals surface area contributed by atoms with Gasteiger partial charge in [0.05, 0.1) is 19.1 Å². The van der Waals surface area contributed by atoms with Crippen molar-refractivity contribution >= 4 is 28.4 Å². The molecule has 0 saturated heterocycles. The fraction of sp³-hybridized carbons (Fsp3) is 0.333. The van der Waals surface area contributed by atoms with Crippen LogP contribution in [0.5, 0.6) is 11.5 Å². The van der Waals surface area contributed by atoms with E-state index in [0.29, 0.717) is 43.1 Å². The fourth-order valence-corrected chi connectivity index (χ4v) is 5.13. The van der Waals surface area contributed by atoms with Crippen LogP contribution in [0.4, 0.5) is 5.69 Å². The average molecular weight is 587 g/mol. The molecule has 1 heterocycles. The lowest BCUT2D eigenvalue weighted by molar-refractivity contribution is -0.385. The first-order valence-electron chi connectivity index (χ1n) is 14.2. The summed E-state index contributed by atoms with van der Waals surface area (Å²) in [5, 5.41) is 12.6. The number of benzene rings is 3. The smallest absolute Gasteiger partial charge is 0.273 e. The summed E-state index contributed by atoms with van der Waals surface area (Å²) in [5.74, 6) is 0.561. The third-order valence-electron chi connectivity index (χ3n) is 7.35. The van der Waals surface area contributed by atoms with Crippen LogP contribution in [0, 0.1) is 23.0 Å². The summed E-state index contributed by atoms with van der Waals surface area (Å²) in [6, 6.07) is 18.0. The molecule has 0 saturated carbocycles. The molecule has 43 heavy (non-hydrogen) atoms. The SMILES string of the molecule is COc1ccc(CN(CCc2c[nH]c3ccccc23)C(=O)CN(CC(C)C)C(=O)c2ccc(C)c([N+](=O)[O-])c2)cc1OC. The molecule has 10 nitrogen and oxygen atoms in total. The number of carbonyl (C=O) groups is 2. The molecule has 0 aliphatic heterocycles. The van der Waals surface area contributed by atoms with E-state index in [1.807, 2.05) is 56.4 Å². The maximum Gasteiger partial charge on any atom is 0.273 e. The van der Waals surface area contributed by atoms with Gasteiger partial charge in [0, 0.05) is 53.9 Å². The number of hydrogen-bond donors (Lipinski definition) is 1. The van der Waals surface area contributed by atoms with Crippen molar-refractivity contribution in [2.24, 2.45) is 5.92 Å². The normalized spacial score (nSPS) is 11.0. The molecule has 226 valence electrons. The van der Waals surface area contributed by atoms with Crippen LogP contribution in [0.1, 0.15) is 40.9 Å². The number of nitrogens with zero attached hydrogens (tertiary/aromatic N) is 3. The molecule has 1 N–H and O–H groups in total. The minimum atomic E-state index is -0.500. The van der Waals surface area contributed by atoms with E-state index in [1.165, 1.54) is 11.0 Å². The molecule has 10 heteroatoms. The number of fused-ring (bicyclic) bond motifs is 1. The number of rotatable bonds is 13. The largest absolute Gasteiger partial charge is 0.493 e. The van der Waals surface area contributed by atoms with Crippen molar-refractivity contribution in [3.8, 4) is 11.5 Å². The maximum atomic E-state index is 14.0. The van der Waals surface area contributed by atoms with Crippen molar-refractivity contribution in [2.75, 3.05) is 33.9 Å². The number of carbonyl (C=O) groups excluding carboxylic acids is 2. The Labute approximate surface area is 251 Å². The number of aromatic nitrogens is 1. The zero-order chi connectivity index (χ0) is 31.1. The van der Waals surface area contributed by atoms with Gasteiger partial charge < -0.3 is 24.3 Å². The van der Waals surface area contributed by atoms with Gasteiger partial charge in [-0.05, 0) is 54.7 Å². The highest BCUT2D eigenvalue weighted by molar-refractivity contribution is 5.97. The molecule has 0 bridgehead atoms. The van der Waals surface area contributed by atoms with Gasteiger partial charge in [0.2, 0.25) is 5.91 Å². The lowest BCUT2D eigenvalue weighted by Crippen LogP contribution is -2.44. The molecule has 3 aromatic carbocycles. The maximum absolute atomic E-state index is 14.0. The Morgan fingerprint density at radius 3 is 2.42 bits per heavy atom. The van der Waals surface area contributed by atoms with Gasteiger partial charge in [-0.3, -0.25) is 19.7 Å². The second-order valence-corrected chi connectivity index (χ2v) is 11.0. The summed E-state index contributed by atoms with van der Waals surface area (Å²) in [6.07, 6.45) is 2.56. The lowest BCUT2D eigenvalue weighted by Gasteiger charge is -2.29. The standard InChI is InChI=1S/C33H38N4O6/c1-22(2)19-36(33(39)25-12-10-23(3)29(17-25)37(40)41)21-32(38)35(20-24-11-13-30(42-4)31(16-24)43-5)15-14-26-18-34-28-9-7-6-8-27(26)28/h6-13,16-18,22,34H,14-15,19-21H2,1-5H3. The van der Waals surface area contributed by atoms with Crippen molar-refractivity contribution in [3.05, 3.63) is 99.2 Å². The molecular weight excluding hydrogens is 548 g/mol. The highest BCUT2D eigenvalue weighted by atomic mass is 16.6. The number of nitrogens with one attached hydrogen (secondary N) is 1. The molecule has 0 unspecified atom stereocenters. The van der Waals surface area contributed by atoms with Gasteiger partial charge in [0.15, 0.2) is 11.5 Å². The minimum absolute atomic E-state index is 0.0719. The van der Waals surface area contributed by atoms with Crippen LogP contribution in [-0.4, -0.2) is 65.4 Å². The minimum Gasteiger partial charge on any atom is -0.493 e. The summed E-state index contributed by atoms with van der Waals surface area (Å²) >= 11 is 0. The summed E-state index contributed by atoms with van der Waals surface area (Å²) in [4.78, 5) is 45.1. The van der Waals surface area contributed by atoms with Crippen molar-refractivity contribution in [1.29, 1.82) is 0 Å². The van der Waals surface area contributed by atoms with E-state index in [2.05, 4.69) is 4.98 Å². The van der Waals surface area contributed by atoms with Gasteiger partial charge >= 0.3 is 0 Å². The molecule has 2 amide bonds. The quantitative estimate of drug-likeness (QED) is 0.157. The molecular formula is C33H38N4O6. The molecule has 0 radical (unpaired) electrons. The Hall–Kier alpha value is -4.86. The monoisotopic (exact) mass is 586 g/mol. The highest BCUT2D eigenvalue weighted by Crippen LogP contribution is 2.28. The number of hydrogen-bond acceptors (Lipinski definition) is 6. The van der Waals surface area contributed by atoms with E-state index >= 15 is 0 Å². The van der Waals surface area contributed by atoms with Gasteiger partial charge in [-0.15, -0.1) is 0 Å². The molecule has 4 rings (SSSR count). The third kappa shape index (κ3) is 7.51. The van der Waals surface area contributed by atoms with Crippen molar-refractivity contribution in [2.45, 2.75) is 33.7 Å². The summed E-state index contributed by atoms with van der Waals surface area (Å²) in [7, 11) is 3.13. The Kier molecular flexibility index (Phi) is 10.0. The van der Waals surface area contributed by atoms with Crippen molar-refractivity contribution in [3.63, 3.8) is 0 Å². The van der Waals surface area contributed by atoms with E-state index in [9.17, 15) is 19.7 Å². The first-order chi connectivity index (χ1) is 20.6. The predicted octanol–water partition coefficient (Wildman–Crippen LogP) is 5.77. The van der Waals surface area contributed by atoms with Crippen LogP contribution in [0.2, 0.25) is 0 Å². The van der Waals surface area contributed by atoms with E-state index in [0.717, 1.165) is 22.0 Å². The first kappa shape index (κ1) is 31.1. The predicted molar refractivity (Wildman–Crippen MR) is 166 cm³/mol. The summed E-state index contributed by atoms with van der Waals surface area (Å²) < 4.78 is 10.9. The van der Waals surface area contributed by atoms with E-state index in [4.69, 9.17) is 9.47 Å². The van der Waals surface area contributed by atoms with Crippen LogP contribution in [0.3, 0.4) is 0 Å². The Morgan fingerprint density at radius 2 is 1.72 bits per heavy atom. The molecule has 1 aromatic heterocycles. The van der Waals surface area contributed by atoms with Gasteiger partial charge in [-0.2, -0.15) is 0 Å². The Morgan fingerprint density at radius 1 is 0.977 bits per heavy atom. The number of aromatic amines is 1. The number of para-hydroxylation sites is 1. The zero-order valence-electron chi connectivity index (χ0n) is 25.3. The topological polar surface area (TPSA) is 118 Å². The number of ether oxygens (including phenoxy) is 2. The third-order valence-corrected chi connectivity index (χ3v) is 7.35. The first-order valence-corrected chi connectivity index (χ1v) is 14.2. The number of amides is 2. The number of methoxy groups -OCH3 is 2. The van der Waals surface area contributed by atoms with Gasteiger partial charge in [-0.25, -0.2) is 0 Å². The molecule has 4 aromatic rings. The van der Waals surface area contributed by atoms with Gasteiger partial charge in [0.1, 0.15) is 6.54 Å². The number of H-pyrrole nitrogens is 1. The molecule has 0 atom stereocenters. The van der Waals surface area contributed by atoms with Gasteiger partial charge in [0.25, 0.3) is 11.6 Å². The van der Waals surface area contributed by atoms with Crippen molar-refractivity contribution in [1.82, 2.24) is 14.8 Å². The van der Waals surface area contributed by atoms with E-state index in [1.54, 1.807) is 44.2 Å². The van der Waals surface area contributed by atoms with Crippen LogP contribution in [0.25, 0.3) is 10.9 Å². The molecule has 0 aliphatic carbocycles. The second-order valence-electron chi connectivity index (χ2n) is 11.0. The molecule has 0 aliphatic rings. The molecule has 0 spiro atoms. The number of nitro groups is 1. The Bertz CT molecular complexity index is 1610. The summed E-state index contributed by atoms with van der Waals surface area (Å²) in [6.45, 7) is 6.40. The fourth-order valence-electron chi connectivity index (χ4n) is 5.13. The van der Waals surface area contributed by atoms with Crippen molar-refractivity contribution < 1.29 is 24.0 Å². The van der Waals surface area contributed by atoms with Gasteiger partial charge in [-0.1, -0.05) is 44.2 Å². The second kappa shape index (κ2) is 13.9. The highest BCUT2D eigenvalue weighted by Gasteiger charge is 2.25. The van der Waals surface area contributed by atoms with Crippen LogP contribution in [0.15, 0.2) is 66.9 Å².